The van der Waals surface area contributed by atoms with Crippen LogP contribution in [0.4, 0.5) is 5.69 Å². The predicted octanol–water partition coefficient (Wildman–Crippen LogP) is 2.55. The summed E-state index contributed by atoms with van der Waals surface area (Å²) in [4.78, 5) is 0.311. The van der Waals surface area contributed by atoms with Crippen molar-refractivity contribution in [2.45, 2.75) is 38.2 Å². The lowest BCUT2D eigenvalue weighted by Gasteiger charge is -2.20. The molecule has 1 aromatic carbocycles. The van der Waals surface area contributed by atoms with Crippen LogP contribution in [-0.2, 0) is 14.8 Å². The fourth-order valence-corrected chi connectivity index (χ4v) is 3.12. The highest BCUT2D eigenvalue weighted by Gasteiger charge is 2.23. The van der Waals surface area contributed by atoms with E-state index >= 15 is 0 Å². The molecule has 0 saturated heterocycles. The van der Waals surface area contributed by atoms with E-state index < -0.39 is 10.0 Å². The summed E-state index contributed by atoms with van der Waals surface area (Å²) in [5, 5.41) is 3.16. The minimum atomic E-state index is -3.51. The van der Waals surface area contributed by atoms with Crippen LogP contribution in [0.5, 0.6) is 0 Å². The largest absolute Gasteiger partial charge is 0.384 e. The lowest BCUT2D eigenvalue weighted by Crippen LogP contribution is -2.31. The fraction of sp³-hybridized carbons (Fsp3) is 0.600. The molecule has 6 heteroatoms. The summed E-state index contributed by atoms with van der Waals surface area (Å²) in [5.41, 5.74) is 0.649. The van der Waals surface area contributed by atoms with Crippen LogP contribution >= 0.6 is 0 Å². The van der Waals surface area contributed by atoms with Crippen molar-refractivity contribution in [2.24, 2.45) is 0 Å². The second-order valence-corrected chi connectivity index (χ2v) is 7.18. The van der Waals surface area contributed by atoms with Crippen molar-refractivity contribution in [3.63, 3.8) is 0 Å². The van der Waals surface area contributed by atoms with E-state index in [1.165, 1.54) is 4.31 Å². The van der Waals surface area contributed by atoms with Crippen LogP contribution in [0.3, 0.4) is 0 Å². The highest BCUT2D eigenvalue weighted by molar-refractivity contribution is 7.89. The van der Waals surface area contributed by atoms with E-state index in [0.717, 1.165) is 13.0 Å². The molecule has 0 radical (unpaired) electrons. The van der Waals surface area contributed by atoms with Crippen LogP contribution in [0.1, 0.15) is 27.2 Å². The number of rotatable bonds is 9. The van der Waals surface area contributed by atoms with Gasteiger partial charge in [0.25, 0.3) is 0 Å². The van der Waals surface area contributed by atoms with E-state index in [-0.39, 0.29) is 6.10 Å². The molecule has 0 amide bonds. The monoisotopic (exact) mass is 314 g/mol. The maximum Gasteiger partial charge on any atom is 0.244 e. The molecule has 0 aliphatic rings. The Hall–Kier alpha value is -1.11. The second-order valence-electron chi connectivity index (χ2n) is 5.17. The SMILES string of the molecule is CCCNc1ccccc1S(=O)(=O)N(C)CCOC(C)C. The highest BCUT2D eigenvalue weighted by atomic mass is 32.2. The number of ether oxygens (including phenoxy) is 1. The molecule has 1 aromatic rings. The second kappa shape index (κ2) is 8.36. The van der Waals surface area contributed by atoms with E-state index in [9.17, 15) is 8.42 Å². The normalized spacial score (nSPS) is 12.1. The summed E-state index contributed by atoms with van der Waals surface area (Å²) in [6.07, 6.45) is 1.03. The van der Waals surface area contributed by atoms with Crippen LogP contribution in [0.25, 0.3) is 0 Å². The number of likely N-dealkylation sites (N-methyl/N-ethyl adjacent to an activating group) is 1. The Labute approximate surface area is 128 Å². The summed E-state index contributed by atoms with van der Waals surface area (Å²) >= 11 is 0. The van der Waals surface area contributed by atoms with E-state index in [1.807, 2.05) is 26.8 Å². The van der Waals surface area contributed by atoms with Gasteiger partial charge in [-0.3, -0.25) is 0 Å². The molecule has 0 saturated carbocycles. The Morgan fingerprint density at radius 3 is 2.57 bits per heavy atom. The van der Waals surface area contributed by atoms with Crippen molar-refractivity contribution < 1.29 is 13.2 Å². The van der Waals surface area contributed by atoms with Gasteiger partial charge in [-0.2, -0.15) is 4.31 Å². The number of nitrogens with one attached hydrogen (secondary N) is 1. The van der Waals surface area contributed by atoms with Gasteiger partial charge in [0.2, 0.25) is 10.0 Å². The van der Waals surface area contributed by atoms with Gasteiger partial charge in [-0.15, -0.1) is 0 Å². The van der Waals surface area contributed by atoms with E-state index in [0.29, 0.717) is 23.7 Å². The van der Waals surface area contributed by atoms with Crippen molar-refractivity contribution in [1.82, 2.24) is 4.31 Å². The predicted molar refractivity (Wildman–Crippen MR) is 86.1 cm³/mol. The Kier molecular flexibility index (Phi) is 7.14. The molecule has 5 nitrogen and oxygen atoms in total. The summed E-state index contributed by atoms with van der Waals surface area (Å²) in [6, 6.07) is 7.00. The van der Waals surface area contributed by atoms with Crippen molar-refractivity contribution in [1.29, 1.82) is 0 Å². The molecule has 0 spiro atoms. The lowest BCUT2D eigenvalue weighted by atomic mass is 10.3. The third kappa shape index (κ3) is 5.30. The lowest BCUT2D eigenvalue weighted by molar-refractivity contribution is 0.0737. The molecule has 1 rings (SSSR count). The molecule has 0 aliphatic heterocycles. The zero-order chi connectivity index (χ0) is 15.9. The molecule has 0 fully saturated rings. The first-order valence-electron chi connectivity index (χ1n) is 7.30. The summed E-state index contributed by atoms with van der Waals surface area (Å²) in [5.74, 6) is 0. The standard InChI is InChI=1S/C15H26N2O3S/c1-5-10-16-14-8-6-7-9-15(14)21(18,19)17(4)11-12-20-13(2)3/h6-9,13,16H,5,10-12H2,1-4H3. The number of hydrogen-bond donors (Lipinski definition) is 1. The van der Waals surface area contributed by atoms with Gasteiger partial charge in [0.05, 0.1) is 18.4 Å². The van der Waals surface area contributed by atoms with Gasteiger partial charge < -0.3 is 10.1 Å². The smallest absolute Gasteiger partial charge is 0.244 e. The summed E-state index contributed by atoms with van der Waals surface area (Å²) in [6.45, 7) is 7.36. The number of nitrogens with zero attached hydrogens (tertiary/aromatic N) is 1. The van der Waals surface area contributed by atoms with Crippen molar-refractivity contribution in [3.05, 3.63) is 24.3 Å². The zero-order valence-electron chi connectivity index (χ0n) is 13.3. The molecule has 0 aliphatic carbocycles. The van der Waals surface area contributed by atoms with Gasteiger partial charge in [0.15, 0.2) is 0 Å². The van der Waals surface area contributed by atoms with Crippen LogP contribution in [-0.4, -0.2) is 45.6 Å². The summed E-state index contributed by atoms with van der Waals surface area (Å²) < 4.78 is 32.0. The van der Waals surface area contributed by atoms with Crippen molar-refractivity contribution in [2.75, 3.05) is 32.1 Å². The van der Waals surface area contributed by atoms with Crippen molar-refractivity contribution in [3.8, 4) is 0 Å². The quantitative estimate of drug-likeness (QED) is 0.761. The molecular formula is C15H26N2O3S. The van der Waals surface area contributed by atoms with Gasteiger partial charge in [-0.25, -0.2) is 8.42 Å². The summed E-state index contributed by atoms with van der Waals surface area (Å²) in [7, 11) is -1.93. The topological polar surface area (TPSA) is 58.6 Å². The van der Waals surface area contributed by atoms with E-state index in [2.05, 4.69) is 5.32 Å². The van der Waals surface area contributed by atoms with Crippen LogP contribution < -0.4 is 5.32 Å². The third-order valence-corrected chi connectivity index (χ3v) is 4.91. The molecule has 0 aromatic heterocycles. The Morgan fingerprint density at radius 2 is 1.95 bits per heavy atom. The number of sulfonamides is 1. The average molecular weight is 314 g/mol. The average Bonchev–Trinajstić information content (AvgIpc) is 2.44. The molecule has 120 valence electrons. The molecule has 0 atom stereocenters. The van der Waals surface area contributed by atoms with Gasteiger partial charge in [-0.05, 0) is 32.4 Å². The maximum absolute atomic E-state index is 12.6. The zero-order valence-corrected chi connectivity index (χ0v) is 14.1. The van der Waals surface area contributed by atoms with E-state index in [4.69, 9.17) is 4.74 Å². The minimum Gasteiger partial charge on any atom is -0.384 e. The molecule has 21 heavy (non-hydrogen) atoms. The Balaban J connectivity index is 2.86. The number of anilines is 1. The number of para-hydroxylation sites is 1. The van der Waals surface area contributed by atoms with Crippen LogP contribution in [0.2, 0.25) is 0 Å². The minimum absolute atomic E-state index is 0.0969. The van der Waals surface area contributed by atoms with Gasteiger partial charge in [-0.1, -0.05) is 19.1 Å². The first-order valence-corrected chi connectivity index (χ1v) is 8.74. The van der Waals surface area contributed by atoms with Crippen LogP contribution in [0.15, 0.2) is 29.2 Å². The highest BCUT2D eigenvalue weighted by Crippen LogP contribution is 2.23. The number of hydrogen-bond acceptors (Lipinski definition) is 4. The first kappa shape index (κ1) is 17.9. The fourth-order valence-electron chi connectivity index (χ4n) is 1.80. The Bertz CT molecular complexity index is 529. The molecule has 0 heterocycles. The molecule has 0 unspecified atom stereocenters. The maximum atomic E-state index is 12.6. The van der Waals surface area contributed by atoms with Crippen LogP contribution in [0, 0.1) is 0 Å². The van der Waals surface area contributed by atoms with Gasteiger partial charge >= 0.3 is 0 Å². The molecular weight excluding hydrogens is 288 g/mol. The first-order chi connectivity index (χ1) is 9.89. The van der Waals surface area contributed by atoms with E-state index in [1.54, 1.807) is 25.2 Å². The number of benzene rings is 1. The molecule has 1 N–H and O–H groups in total. The molecule has 0 bridgehead atoms. The van der Waals surface area contributed by atoms with Crippen molar-refractivity contribution >= 4 is 15.7 Å². The third-order valence-electron chi connectivity index (χ3n) is 3.00. The van der Waals surface area contributed by atoms with Gasteiger partial charge in [0, 0.05) is 20.1 Å². The van der Waals surface area contributed by atoms with Gasteiger partial charge in [0.1, 0.15) is 4.90 Å². The Morgan fingerprint density at radius 1 is 1.29 bits per heavy atom.